The van der Waals surface area contributed by atoms with Crippen LogP contribution >= 0.6 is 18.6 Å². The van der Waals surface area contributed by atoms with Crippen molar-refractivity contribution in [3.63, 3.8) is 0 Å². The molecule has 1 aliphatic rings. The fourth-order valence-electron chi connectivity index (χ4n) is 0.650. The van der Waals surface area contributed by atoms with Crippen LogP contribution in [0.5, 0.6) is 0 Å². The van der Waals surface area contributed by atoms with Crippen molar-refractivity contribution in [2.24, 2.45) is 0 Å². The molecule has 0 aliphatic heterocycles. The Labute approximate surface area is 79.0 Å². The molecule has 0 amide bonds. The Bertz CT molecular complexity index is 109. The second-order valence-corrected chi connectivity index (χ2v) is 4.30. The van der Waals surface area contributed by atoms with E-state index in [1.807, 2.05) is 0 Å². The van der Waals surface area contributed by atoms with Gasteiger partial charge in [-0.25, -0.2) is 0 Å². The van der Waals surface area contributed by atoms with E-state index in [2.05, 4.69) is 31.2 Å². The molecule has 0 spiro atoms. The topological polar surface area (TPSA) is 0 Å². The van der Waals surface area contributed by atoms with Crippen molar-refractivity contribution in [1.82, 2.24) is 0 Å². The minimum atomic E-state index is -0.556. The fraction of sp³-hybridized carbons (Fsp3) is 0.286. The minimum absolute atomic E-state index is 0.556. The van der Waals surface area contributed by atoms with Gasteiger partial charge in [-0.15, -0.1) is 0 Å². The molecular weight excluding hydrogens is 203 g/mol. The van der Waals surface area contributed by atoms with Gasteiger partial charge in [0.2, 0.25) is 0 Å². The maximum absolute atomic E-state index is 4.89. The molecule has 1 rings (SSSR count). The van der Waals surface area contributed by atoms with Gasteiger partial charge in [0.1, 0.15) is 0 Å². The Hall–Kier alpha value is 0.774. The summed E-state index contributed by atoms with van der Waals surface area (Å²) in [6.07, 6.45) is 9.57. The van der Waals surface area contributed by atoms with Crippen molar-refractivity contribution >= 4 is 18.6 Å². The van der Waals surface area contributed by atoms with Crippen LogP contribution in [0.15, 0.2) is 24.3 Å². The third-order valence-corrected chi connectivity index (χ3v) is 1.14. The zero-order valence-corrected chi connectivity index (χ0v) is 8.85. The normalized spacial score (nSPS) is 14.7. The number of hydrogen-bond acceptors (Lipinski definition) is 0. The first-order valence-corrected chi connectivity index (χ1v) is 7.31. The van der Waals surface area contributed by atoms with Crippen LogP contribution in [0.1, 0.15) is 13.3 Å². The van der Waals surface area contributed by atoms with E-state index in [1.54, 1.807) is 0 Å². The van der Waals surface area contributed by atoms with E-state index in [1.165, 1.54) is 5.92 Å². The van der Waals surface area contributed by atoms with Crippen LogP contribution in [0.2, 0.25) is 0 Å². The SMILES string of the molecule is CC[C]1C=CC=C1.[Cl][Ti][Cl]. The molecule has 0 nitrogen and oxygen atoms in total. The fourth-order valence-corrected chi connectivity index (χ4v) is 0.650. The molecule has 1 aliphatic carbocycles. The molecule has 0 saturated carbocycles. The van der Waals surface area contributed by atoms with Crippen LogP contribution in [0.3, 0.4) is 0 Å². The van der Waals surface area contributed by atoms with E-state index in [9.17, 15) is 0 Å². The number of rotatable bonds is 1. The van der Waals surface area contributed by atoms with Crippen LogP contribution in [0, 0.1) is 5.92 Å². The summed E-state index contributed by atoms with van der Waals surface area (Å²) in [5, 5.41) is 0. The van der Waals surface area contributed by atoms with Crippen LogP contribution in [-0.2, 0) is 17.0 Å². The molecule has 0 N–H and O–H groups in total. The molecule has 1 radical (unpaired) electrons. The van der Waals surface area contributed by atoms with Crippen molar-refractivity contribution in [1.29, 1.82) is 0 Å². The second-order valence-electron chi connectivity index (χ2n) is 1.72. The molecule has 0 aromatic heterocycles. The molecule has 0 aromatic rings. The van der Waals surface area contributed by atoms with Gasteiger partial charge in [-0.3, -0.25) is 0 Å². The van der Waals surface area contributed by atoms with E-state index >= 15 is 0 Å². The zero-order valence-electron chi connectivity index (χ0n) is 5.77. The Morgan fingerprint density at radius 1 is 1.30 bits per heavy atom. The predicted molar refractivity (Wildman–Crippen MR) is 43.5 cm³/mol. The molecule has 55 valence electrons. The van der Waals surface area contributed by atoms with Crippen molar-refractivity contribution < 1.29 is 17.0 Å². The Balaban J connectivity index is 0.000000236. The molecular formula is C7H9Cl2Ti. The average molecular weight is 212 g/mol. The average Bonchev–Trinajstić information content (AvgIpc) is 2.39. The van der Waals surface area contributed by atoms with E-state index < -0.39 is 17.0 Å². The van der Waals surface area contributed by atoms with Crippen molar-refractivity contribution in [3.05, 3.63) is 30.2 Å². The van der Waals surface area contributed by atoms with Crippen LogP contribution in [0.25, 0.3) is 0 Å². The molecule has 0 aromatic carbocycles. The summed E-state index contributed by atoms with van der Waals surface area (Å²) in [6, 6.07) is 0. The molecule has 0 fully saturated rings. The molecule has 3 heteroatoms. The van der Waals surface area contributed by atoms with Crippen LogP contribution in [-0.4, -0.2) is 0 Å². The summed E-state index contributed by atoms with van der Waals surface area (Å²) in [5.41, 5.74) is 0. The molecule has 0 unspecified atom stereocenters. The maximum atomic E-state index is 4.89. The molecule has 0 heterocycles. The van der Waals surface area contributed by atoms with Crippen molar-refractivity contribution in [3.8, 4) is 0 Å². The van der Waals surface area contributed by atoms with Gasteiger partial charge in [-0.1, -0.05) is 31.2 Å². The summed E-state index contributed by atoms with van der Waals surface area (Å²) in [6.45, 7) is 2.16. The van der Waals surface area contributed by atoms with Gasteiger partial charge in [-0.2, -0.15) is 0 Å². The van der Waals surface area contributed by atoms with Gasteiger partial charge in [0.05, 0.1) is 0 Å². The monoisotopic (exact) mass is 211 g/mol. The van der Waals surface area contributed by atoms with E-state index in [0.29, 0.717) is 0 Å². The summed E-state index contributed by atoms with van der Waals surface area (Å²) >= 11 is -0.556. The first-order valence-electron chi connectivity index (χ1n) is 3.02. The van der Waals surface area contributed by atoms with Crippen LogP contribution in [0.4, 0.5) is 0 Å². The molecule has 0 saturated heterocycles. The van der Waals surface area contributed by atoms with E-state index in [-0.39, 0.29) is 0 Å². The summed E-state index contributed by atoms with van der Waals surface area (Å²) in [4.78, 5) is 0. The van der Waals surface area contributed by atoms with Gasteiger partial charge in [0.15, 0.2) is 0 Å². The van der Waals surface area contributed by atoms with Gasteiger partial charge in [0, 0.05) is 5.92 Å². The van der Waals surface area contributed by atoms with E-state index in [0.717, 1.165) is 6.42 Å². The predicted octanol–water partition coefficient (Wildman–Crippen LogP) is 3.47. The number of hydrogen-bond donors (Lipinski definition) is 0. The van der Waals surface area contributed by atoms with Gasteiger partial charge >= 0.3 is 35.6 Å². The molecule has 0 atom stereocenters. The van der Waals surface area contributed by atoms with Crippen LogP contribution < -0.4 is 0 Å². The third kappa shape index (κ3) is 5.55. The summed E-state index contributed by atoms with van der Waals surface area (Å²) < 4.78 is 0. The van der Waals surface area contributed by atoms with Gasteiger partial charge < -0.3 is 0 Å². The van der Waals surface area contributed by atoms with Gasteiger partial charge in [0.25, 0.3) is 0 Å². The standard InChI is InChI=1S/C7H9.2ClH.Ti/c1-2-7-5-3-4-6-7;;;/h3-6H,2H2,1H3;2*1H;/q;;;+2/p-2. The van der Waals surface area contributed by atoms with Gasteiger partial charge in [-0.05, 0) is 6.42 Å². The summed E-state index contributed by atoms with van der Waals surface area (Å²) in [5.74, 6) is 1.43. The molecule has 10 heavy (non-hydrogen) atoms. The first kappa shape index (κ1) is 10.8. The first-order chi connectivity index (χ1) is 4.85. The number of allylic oxidation sites excluding steroid dienone is 4. The van der Waals surface area contributed by atoms with Crippen molar-refractivity contribution in [2.75, 3.05) is 0 Å². The quantitative estimate of drug-likeness (QED) is 0.583. The Morgan fingerprint density at radius 2 is 1.70 bits per heavy atom. The Kier molecular flexibility index (Phi) is 8.49. The Morgan fingerprint density at radius 3 is 1.90 bits per heavy atom. The van der Waals surface area contributed by atoms with E-state index in [4.69, 9.17) is 18.6 Å². The second kappa shape index (κ2) is 7.88. The summed E-state index contributed by atoms with van der Waals surface area (Å²) in [7, 11) is 9.78. The zero-order chi connectivity index (χ0) is 7.82. The third-order valence-electron chi connectivity index (χ3n) is 1.14. The molecule has 0 bridgehead atoms. The van der Waals surface area contributed by atoms with Crippen molar-refractivity contribution in [2.45, 2.75) is 13.3 Å². The number of halogens is 2.